The zero-order valence-electron chi connectivity index (χ0n) is 19.8. The van der Waals surface area contributed by atoms with Gasteiger partial charge in [0, 0.05) is 51.9 Å². The first-order valence-corrected chi connectivity index (χ1v) is 10.7. The van der Waals surface area contributed by atoms with Crippen molar-refractivity contribution in [2.45, 2.75) is 50.2 Å². The van der Waals surface area contributed by atoms with Gasteiger partial charge in [0.05, 0.1) is 5.69 Å². The summed E-state index contributed by atoms with van der Waals surface area (Å²) in [4.78, 5) is 52.3. The normalized spacial score (nSPS) is 19.6. The Bertz CT molecular complexity index is 918. The minimum Gasteiger partial charge on any atom is -0.475 e. The fourth-order valence-electron chi connectivity index (χ4n) is 3.63. The quantitative estimate of drug-likeness (QED) is 0.551. The SMILES string of the molecule is CN(C)C(=O)CN1C(=O)CC[C@@H]2[C@H]1CCN2Cc1ccccn1.O=C(O)C(F)(F)F.O=C(O)C(F)(F)F. The van der Waals surface area contributed by atoms with Gasteiger partial charge in [-0.2, -0.15) is 26.3 Å². The van der Waals surface area contributed by atoms with Gasteiger partial charge in [0.1, 0.15) is 6.54 Å². The second-order valence-electron chi connectivity index (χ2n) is 8.17. The average molecular weight is 544 g/mol. The lowest BCUT2D eigenvalue weighted by Gasteiger charge is -2.39. The van der Waals surface area contributed by atoms with Crippen molar-refractivity contribution in [1.29, 1.82) is 0 Å². The highest BCUT2D eigenvalue weighted by atomic mass is 19.4. The van der Waals surface area contributed by atoms with Crippen molar-refractivity contribution in [3.63, 3.8) is 0 Å². The van der Waals surface area contributed by atoms with Crippen LogP contribution in [0.2, 0.25) is 0 Å². The van der Waals surface area contributed by atoms with E-state index in [0.717, 1.165) is 31.6 Å². The Hall–Kier alpha value is -3.43. The third-order valence-electron chi connectivity index (χ3n) is 5.38. The number of nitrogens with zero attached hydrogens (tertiary/aromatic N) is 4. The maximum atomic E-state index is 12.3. The molecule has 10 nitrogen and oxygen atoms in total. The van der Waals surface area contributed by atoms with Crippen LogP contribution in [-0.4, -0.2) is 105 Å². The van der Waals surface area contributed by atoms with Crippen LogP contribution in [0.1, 0.15) is 25.0 Å². The van der Waals surface area contributed by atoms with Crippen LogP contribution in [0.3, 0.4) is 0 Å². The third kappa shape index (κ3) is 10.2. The van der Waals surface area contributed by atoms with Crippen LogP contribution in [-0.2, 0) is 25.7 Å². The van der Waals surface area contributed by atoms with E-state index < -0.39 is 24.3 Å². The van der Waals surface area contributed by atoms with Crippen molar-refractivity contribution in [2.24, 2.45) is 0 Å². The van der Waals surface area contributed by atoms with Crippen molar-refractivity contribution in [3.05, 3.63) is 30.1 Å². The van der Waals surface area contributed by atoms with Crippen molar-refractivity contribution in [3.8, 4) is 0 Å². The van der Waals surface area contributed by atoms with Gasteiger partial charge in [-0.25, -0.2) is 9.59 Å². The molecule has 0 bridgehead atoms. The van der Waals surface area contributed by atoms with Crippen LogP contribution in [0, 0.1) is 0 Å². The maximum absolute atomic E-state index is 12.3. The number of pyridine rings is 1. The summed E-state index contributed by atoms with van der Waals surface area (Å²) in [5.41, 5.74) is 1.06. The predicted octanol–water partition coefficient (Wildman–Crippen LogP) is 2.00. The highest BCUT2D eigenvalue weighted by Crippen LogP contribution is 2.32. The largest absolute Gasteiger partial charge is 0.490 e. The Morgan fingerprint density at radius 1 is 1.00 bits per heavy atom. The van der Waals surface area contributed by atoms with Crippen molar-refractivity contribution < 1.29 is 55.7 Å². The summed E-state index contributed by atoms with van der Waals surface area (Å²) in [5.74, 6) is -5.41. The number of rotatable bonds is 4. The van der Waals surface area contributed by atoms with Crippen LogP contribution >= 0.6 is 0 Å². The zero-order valence-corrected chi connectivity index (χ0v) is 19.8. The first kappa shape index (κ1) is 31.6. The summed E-state index contributed by atoms with van der Waals surface area (Å²) in [5, 5.41) is 14.2. The van der Waals surface area contributed by atoms with E-state index in [9.17, 15) is 35.9 Å². The second kappa shape index (κ2) is 13.2. The van der Waals surface area contributed by atoms with E-state index in [-0.39, 0.29) is 24.4 Å². The number of aromatic nitrogens is 1. The number of amides is 2. The number of fused-ring (bicyclic) bond motifs is 1. The van der Waals surface area contributed by atoms with Crippen LogP contribution in [0.25, 0.3) is 0 Å². The minimum atomic E-state index is -5.08. The molecular weight excluding hydrogens is 518 g/mol. The Morgan fingerprint density at radius 2 is 1.54 bits per heavy atom. The molecule has 2 atom stereocenters. The number of likely N-dealkylation sites (N-methyl/N-ethyl adjacent to an activating group) is 1. The highest BCUT2D eigenvalue weighted by Gasteiger charge is 2.43. The standard InChI is InChI=1S/C17H24N4O2.2C2HF3O2/c1-19(2)17(23)12-21-15-8-10-20(14(15)6-7-16(21)22)11-13-5-3-4-9-18-13;2*3-2(4,5)1(6)7/h3-5,9,14-15H,6-8,10-12H2,1-2H3;2*(H,6,7)/t14-,15-;;/m1../s1. The number of carboxylic acid groups (broad SMARTS) is 2. The molecule has 3 rings (SSSR count). The number of carbonyl (C=O) groups is 4. The molecule has 1 aromatic rings. The molecule has 0 aromatic carbocycles. The minimum absolute atomic E-state index is 0.0119. The summed E-state index contributed by atoms with van der Waals surface area (Å²) in [7, 11) is 3.46. The third-order valence-corrected chi connectivity index (χ3v) is 5.38. The number of hydrogen-bond donors (Lipinski definition) is 2. The number of halogens is 6. The van der Waals surface area contributed by atoms with Gasteiger partial charge in [-0.3, -0.25) is 19.5 Å². The van der Waals surface area contributed by atoms with E-state index in [4.69, 9.17) is 19.8 Å². The molecule has 37 heavy (non-hydrogen) atoms. The topological polar surface area (TPSA) is 131 Å². The van der Waals surface area contributed by atoms with E-state index in [1.807, 2.05) is 24.4 Å². The summed E-state index contributed by atoms with van der Waals surface area (Å²) < 4.78 is 63.5. The van der Waals surface area contributed by atoms with Crippen molar-refractivity contribution in [1.82, 2.24) is 19.7 Å². The van der Waals surface area contributed by atoms with Crippen molar-refractivity contribution >= 4 is 23.8 Å². The number of alkyl halides is 6. The van der Waals surface area contributed by atoms with Gasteiger partial charge < -0.3 is 20.0 Å². The fraction of sp³-hybridized carbons (Fsp3) is 0.571. The lowest BCUT2D eigenvalue weighted by Crippen LogP contribution is -2.54. The molecule has 2 saturated heterocycles. The van der Waals surface area contributed by atoms with Crippen LogP contribution < -0.4 is 0 Å². The summed E-state index contributed by atoms with van der Waals surface area (Å²) >= 11 is 0. The molecule has 2 amide bonds. The Morgan fingerprint density at radius 3 is 1.97 bits per heavy atom. The van der Waals surface area contributed by atoms with E-state index in [1.165, 1.54) is 0 Å². The lowest BCUT2D eigenvalue weighted by molar-refractivity contribution is -0.193. The van der Waals surface area contributed by atoms with Gasteiger partial charge in [-0.15, -0.1) is 0 Å². The molecule has 208 valence electrons. The number of hydrogen-bond acceptors (Lipinski definition) is 6. The molecule has 2 N–H and O–H groups in total. The Kier molecular flexibility index (Phi) is 11.3. The first-order valence-electron chi connectivity index (χ1n) is 10.7. The van der Waals surface area contributed by atoms with Crippen LogP contribution in [0.15, 0.2) is 24.4 Å². The number of likely N-dealkylation sites (tertiary alicyclic amines) is 2. The molecule has 2 fully saturated rings. The number of carboxylic acids is 2. The van der Waals surface area contributed by atoms with Crippen LogP contribution in [0.5, 0.6) is 0 Å². The molecule has 0 radical (unpaired) electrons. The van der Waals surface area contributed by atoms with E-state index in [0.29, 0.717) is 12.5 Å². The lowest BCUT2D eigenvalue weighted by atomic mass is 9.96. The van der Waals surface area contributed by atoms with Gasteiger partial charge in [0.2, 0.25) is 11.8 Å². The second-order valence-corrected chi connectivity index (χ2v) is 8.17. The molecule has 3 heterocycles. The van der Waals surface area contributed by atoms with Gasteiger partial charge in [-0.05, 0) is 25.0 Å². The fourth-order valence-corrected chi connectivity index (χ4v) is 3.63. The molecule has 16 heteroatoms. The predicted molar refractivity (Wildman–Crippen MR) is 114 cm³/mol. The molecule has 2 aliphatic heterocycles. The molecule has 0 aliphatic carbocycles. The molecule has 0 saturated carbocycles. The molecule has 0 unspecified atom stereocenters. The first-order chi connectivity index (χ1) is 16.9. The van der Waals surface area contributed by atoms with E-state index >= 15 is 0 Å². The van der Waals surface area contributed by atoms with Gasteiger partial charge >= 0.3 is 24.3 Å². The molecule has 1 aromatic heterocycles. The Labute approximate surface area is 207 Å². The van der Waals surface area contributed by atoms with Crippen molar-refractivity contribution in [2.75, 3.05) is 27.2 Å². The molecule has 2 aliphatic rings. The maximum Gasteiger partial charge on any atom is 0.490 e. The van der Waals surface area contributed by atoms with E-state index in [1.54, 1.807) is 23.9 Å². The van der Waals surface area contributed by atoms with Crippen LogP contribution in [0.4, 0.5) is 26.3 Å². The number of aliphatic carboxylic acids is 2. The van der Waals surface area contributed by atoms with Gasteiger partial charge in [-0.1, -0.05) is 6.07 Å². The number of carbonyl (C=O) groups excluding carboxylic acids is 2. The summed E-state index contributed by atoms with van der Waals surface area (Å²) in [6.45, 7) is 1.96. The smallest absolute Gasteiger partial charge is 0.475 e. The zero-order chi connectivity index (χ0) is 28.6. The summed E-state index contributed by atoms with van der Waals surface area (Å²) in [6, 6.07) is 6.45. The highest BCUT2D eigenvalue weighted by molar-refractivity contribution is 5.85. The average Bonchev–Trinajstić information content (AvgIpc) is 3.18. The van der Waals surface area contributed by atoms with Gasteiger partial charge in [0.15, 0.2) is 0 Å². The summed E-state index contributed by atoms with van der Waals surface area (Å²) in [6.07, 6.45) is -6.01. The Balaban J connectivity index is 0.000000404. The molecule has 0 spiro atoms. The van der Waals surface area contributed by atoms with Gasteiger partial charge in [0.25, 0.3) is 0 Å². The van der Waals surface area contributed by atoms with E-state index in [2.05, 4.69) is 9.88 Å². The monoisotopic (exact) mass is 544 g/mol. The number of piperidine rings is 1. The molecular formula is C21H26F6N4O6.